The maximum atomic E-state index is 13.0. The molecule has 6 nitrogen and oxygen atoms in total. The van der Waals surface area contributed by atoms with E-state index >= 15 is 0 Å². The molecule has 1 aromatic carbocycles. The standard InChI is InChI=1S/C22H37FN2O4.2ClH/c1-5-24(6-2)15-17-29-21-18-25(14-12-22(21,26-3)27-4)13-7-16-28-20-10-8-19(23)9-11-20;;/h8-11,21H,5-7,12-18H2,1-4H3;2*1H. The normalized spacial score (nSPS) is 18.3. The summed E-state index contributed by atoms with van der Waals surface area (Å²) >= 11 is 0. The molecule has 1 aromatic rings. The molecule has 0 amide bonds. The minimum atomic E-state index is -0.690. The number of nitrogens with zero attached hydrogens (tertiary/aromatic N) is 2. The molecule has 0 saturated carbocycles. The average Bonchev–Trinajstić information content (AvgIpc) is 2.76. The van der Waals surface area contributed by atoms with Crippen LogP contribution >= 0.6 is 24.8 Å². The lowest BCUT2D eigenvalue weighted by molar-refractivity contribution is -0.289. The Morgan fingerprint density at radius 3 is 2.29 bits per heavy atom. The number of ether oxygens (including phenoxy) is 4. The van der Waals surface area contributed by atoms with E-state index in [0.717, 1.165) is 52.1 Å². The largest absolute Gasteiger partial charge is 0.494 e. The van der Waals surface area contributed by atoms with Crippen molar-refractivity contribution in [1.29, 1.82) is 0 Å². The quantitative estimate of drug-likeness (QED) is 0.312. The lowest BCUT2D eigenvalue weighted by Crippen LogP contribution is -2.59. The molecule has 31 heavy (non-hydrogen) atoms. The van der Waals surface area contributed by atoms with Crippen molar-refractivity contribution in [3.05, 3.63) is 30.1 Å². The van der Waals surface area contributed by atoms with E-state index in [9.17, 15) is 4.39 Å². The molecule has 1 saturated heterocycles. The number of likely N-dealkylation sites (tertiary alicyclic amines) is 1. The Morgan fingerprint density at radius 2 is 1.71 bits per heavy atom. The fourth-order valence-corrected chi connectivity index (χ4v) is 3.75. The summed E-state index contributed by atoms with van der Waals surface area (Å²) in [5.41, 5.74) is 0. The van der Waals surface area contributed by atoms with Gasteiger partial charge in [0, 0.05) is 46.8 Å². The molecule has 0 aliphatic carbocycles. The molecule has 0 bridgehead atoms. The molecular formula is C22H39Cl2FN2O4. The Hall–Kier alpha value is -0.670. The number of benzene rings is 1. The molecule has 1 unspecified atom stereocenters. The molecule has 0 aromatic heterocycles. The highest BCUT2D eigenvalue weighted by Gasteiger charge is 2.44. The van der Waals surface area contributed by atoms with Crippen molar-refractivity contribution in [3.8, 4) is 5.75 Å². The molecular weight excluding hydrogens is 446 g/mol. The number of hydrogen-bond donors (Lipinski definition) is 0. The highest BCUT2D eigenvalue weighted by molar-refractivity contribution is 5.85. The second kappa shape index (κ2) is 16.0. The Morgan fingerprint density at radius 1 is 1.06 bits per heavy atom. The second-order valence-corrected chi connectivity index (χ2v) is 7.31. The monoisotopic (exact) mass is 484 g/mol. The van der Waals surface area contributed by atoms with Gasteiger partial charge in [0.05, 0.1) is 13.2 Å². The van der Waals surface area contributed by atoms with E-state index < -0.39 is 5.79 Å². The van der Waals surface area contributed by atoms with Crippen LogP contribution < -0.4 is 4.74 Å². The van der Waals surface area contributed by atoms with Gasteiger partial charge >= 0.3 is 0 Å². The maximum absolute atomic E-state index is 13.0. The van der Waals surface area contributed by atoms with Crippen molar-refractivity contribution in [1.82, 2.24) is 9.80 Å². The third kappa shape index (κ3) is 9.38. The summed E-state index contributed by atoms with van der Waals surface area (Å²) in [6.07, 6.45) is 1.51. The molecule has 1 aliphatic rings. The zero-order valence-corrected chi connectivity index (χ0v) is 20.8. The van der Waals surface area contributed by atoms with Crippen molar-refractivity contribution in [2.75, 3.05) is 66.7 Å². The van der Waals surface area contributed by atoms with Gasteiger partial charge in [0.15, 0.2) is 5.79 Å². The Kier molecular flexibility index (Phi) is 15.7. The van der Waals surface area contributed by atoms with Crippen molar-refractivity contribution < 1.29 is 23.3 Å². The van der Waals surface area contributed by atoms with Gasteiger partial charge in [-0.25, -0.2) is 4.39 Å². The zero-order valence-electron chi connectivity index (χ0n) is 19.2. The molecule has 1 heterocycles. The van der Waals surface area contributed by atoms with Gasteiger partial charge in [0.25, 0.3) is 0 Å². The summed E-state index contributed by atoms with van der Waals surface area (Å²) in [5, 5.41) is 0. The van der Waals surface area contributed by atoms with Crippen LogP contribution in [0.3, 0.4) is 0 Å². The molecule has 1 fully saturated rings. The summed E-state index contributed by atoms with van der Waals surface area (Å²) in [5.74, 6) is -0.248. The Balaban J connectivity index is 0.00000450. The summed E-state index contributed by atoms with van der Waals surface area (Å²) in [7, 11) is 3.38. The number of likely N-dealkylation sites (N-methyl/N-ethyl adjacent to an activating group) is 1. The molecule has 182 valence electrons. The number of piperidine rings is 1. The van der Waals surface area contributed by atoms with Gasteiger partial charge in [0.2, 0.25) is 0 Å². The predicted molar refractivity (Wildman–Crippen MR) is 126 cm³/mol. The summed E-state index contributed by atoms with van der Waals surface area (Å²) < 4.78 is 36.4. The van der Waals surface area contributed by atoms with Crippen molar-refractivity contribution in [2.45, 2.75) is 38.6 Å². The first-order valence-electron chi connectivity index (χ1n) is 10.6. The first-order chi connectivity index (χ1) is 14.1. The smallest absolute Gasteiger partial charge is 0.196 e. The first-order valence-corrected chi connectivity index (χ1v) is 10.6. The third-order valence-corrected chi connectivity index (χ3v) is 5.70. The van der Waals surface area contributed by atoms with Crippen LogP contribution in [0.4, 0.5) is 4.39 Å². The minimum absolute atomic E-state index is 0. The van der Waals surface area contributed by atoms with Gasteiger partial charge < -0.3 is 28.7 Å². The van der Waals surface area contributed by atoms with Crippen LogP contribution in [-0.4, -0.2) is 88.4 Å². The summed E-state index contributed by atoms with van der Waals surface area (Å²) in [6.45, 7) is 11.1. The molecule has 0 radical (unpaired) electrons. The summed E-state index contributed by atoms with van der Waals surface area (Å²) in [4.78, 5) is 4.71. The highest BCUT2D eigenvalue weighted by atomic mass is 35.5. The topological polar surface area (TPSA) is 43.4 Å². The lowest BCUT2D eigenvalue weighted by Gasteiger charge is -2.45. The molecule has 0 N–H and O–H groups in total. The fraction of sp³-hybridized carbons (Fsp3) is 0.727. The van der Waals surface area contributed by atoms with E-state index in [1.54, 1.807) is 26.4 Å². The van der Waals surface area contributed by atoms with E-state index in [0.29, 0.717) is 19.0 Å². The maximum Gasteiger partial charge on any atom is 0.196 e. The number of halogens is 3. The van der Waals surface area contributed by atoms with Crippen LogP contribution in [0.15, 0.2) is 24.3 Å². The van der Waals surface area contributed by atoms with Crippen LogP contribution in [0.25, 0.3) is 0 Å². The minimum Gasteiger partial charge on any atom is -0.494 e. The Bertz CT molecular complexity index is 575. The SMILES string of the molecule is CCN(CC)CCOC1CN(CCCOc2ccc(F)cc2)CCC1(OC)OC.Cl.Cl. The fourth-order valence-electron chi connectivity index (χ4n) is 3.75. The van der Waals surface area contributed by atoms with E-state index in [2.05, 4.69) is 23.6 Å². The number of hydrogen-bond acceptors (Lipinski definition) is 6. The molecule has 2 rings (SSSR count). The molecule has 1 atom stereocenters. The van der Waals surface area contributed by atoms with E-state index in [-0.39, 0.29) is 36.7 Å². The van der Waals surface area contributed by atoms with Crippen molar-refractivity contribution in [2.24, 2.45) is 0 Å². The number of rotatable bonds is 13. The van der Waals surface area contributed by atoms with Gasteiger partial charge in [0.1, 0.15) is 17.7 Å². The van der Waals surface area contributed by atoms with Crippen LogP contribution in [0, 0.1) is 5.82 Å². The van der Waals surface area contributed by atoms with E-state index in [1.165, 1.54) is 12.1 Å². The van der Waals surface area contributed by atoms with Crippen LogP contribution in [-0.2, 0) is 14.2 Å². The van der Waals surface area contributed by atoms with Crippen LogP contribution in [0.2, 0.25) is 0 Å². The first kappa shape index (κ1) is 30.3. The van der Waals surface area contributed by atoms with Gasteiger partial charge in [-0.1, -0.05) is 13.8 Å². The second-order valence-electron chi connectivity index (χ2n) is 7.31. The van der Waals surface area contributed by atoms with E-state index in [4.69, 9.17) is 18.9 Å². The average molecular weight is 485 g/mol. The molecule has 0 spiro atoms. The zero-order chi connectivity index (χ0) is 21.1. The lowest BCUT2D eigenvalue weighted by atomic mass is 9.99. The molecule has 9 heteroatoms. The van der Waals surface area contributed by atoms with Gasteiger partial charge in [-0.05, 0) is 43.8 Å². The Labute approximate surface area is 199 Å². The van der Waals surface area contributed by atoms with Crippen LogP contribution in [0.5, 0.6) is 5.75 Å². The third-order valence-electron chi connectivity index (χ3n) is 5.70. The van der Waals surface area contributed by atoms with Crippen molar-refractivity contribution in [3.63, 3.8) is 0 Å². The summed E-state index contributed by atoms with van der Waals surface area (Å²) in [6, 6.07) is 6.13. The van der Waals surface area contributed by atoms with E-state index in [1.807, 2.05) is 0 Å². The van der Waals surface area contributed by atoms with Gasteiger partial charge in [-0.15, -0.1) is 24.8 Å². The predicted octanol–water partition coefficient (Wildman–Crippen LogP) is 3.86. The highest BCUT2D eigenvalue weighted by Crippen LogP contribution is 2.29. The molecule has 1 aliphatic heterocycles. The van der Waals surface area contributed by atoms with Gasteiger partial charge in [-0.3, -0.25) is 0 Å². The van der Waals surface area contributed by atoms with Crippen LogP contribution in [0.1, 0.15) is 26.7 Å². The number of methoxy groups -OCH3 is 2. The van der Waals surface area contributed by atoms with Crippen molar-refractivity contribution >= 4 is 24.8 Å². The van der Waals surface area contributed by atoms with Gasteiger partial charge in [-0.2, -0.15) is 0 Å².